The van der Waals surface area contributed by atoms with Crippen LogP contribution in [-0.4, -0.2) is 37.8 Å². The van der Waals surface area contributed by atoms with Crippen LogP contribution in [0.1, 0.15) is 41.4 Å². The molecule has 4 aromatic rings. The number of fused-ring (bicyclic) bond motifs is 2. The van der Waals surface area contributed by atoms with Gasteiger partial charge in [-0.2, -0.15) is 0 Å². The van der Waals surface area contributed by atoms with Crippen molar-refractivity contribution in [3.8, 4) is 0 Å². The Morgan fingerprint density at radius 2 is 1.97 bits per heavy atom. The van der Waals surface area contributed by atoms with E-state index in [-0.39, 0.29) is 11.5 Å². The molecule has 6 heteroatoms. The molecule has 5 rings (SSSR count). The van der Waals surface area contributed by atoms with Gasteiger partial charge in [0.15, 0.2) is 0 Å². The number of aryl methyl sites for hydroxylation is 1. The van der Waals surface area contributed by atoms with E-state index in [0.29, 0.717) is 34.8 Å². The summed E-state index contributed by atoms with van der Waals surface area (Å²) in [6, 6.07) is 15.5. The van der Waals surface area contributed by atoms with Crippen LogP contribution in [-0.2, 0) is 6.54 Å². The van der Waals surface area contributed by atoms with Gasteiger partial charge < -0.3 is 9.47 Å². The first kappa shape index (κ1) is 19.5. The quantitative estimate of drug-likeness (QED) is 0.511. The molecule has 1 aromatic carbocycles. The Balaban J connectivity index is 1.71. The molecule has 0 spiro atoms. The first-order chi connectivity index (χ1) is 15.0. The highest BCUT2D eigenvalue weighted by Crippen LogP contribution is 2.23. The molecule has 1 atom stereocenters. The molecule has 1 unspecified atom stereocenters. The number of rotatable bonds is 3. The Labute approximate surface area is 180 Å². The van der Waals surface area contributed by atoms with Gasteiger partial charge in [-0.25, -0.2) is 4.98 Å². The van der Waals surface area contributed by atoms with Crippen LogP contribution in [0.15, 0.2) is 59.5 Å². The van der Waals surface area contributed by atoms with Crippen LogP contribution < -0.4 is 5.56 Å². The van der Waals surface area contributed by atoms with Crippen LogP contribution in [0, 0.1) is 12.8 Å². The molecule has 0 N–H and O–H groups in total. The maximum absolute atomic E-state index is 13.6. The second-order valence-corrected chi connectivity index (χ2v) is 8.69. The number of carbonyl (C=O) groups excluding carboxylic acids is 1. The van der Waals surface area contributed by atoms with Crippen molar-refractivity contribution in [2.45, 2.75) is 33.2 Å². The van der Waals surface area contributed by atoms with E-state index in [1.165, 1.54) is 0 Å². The van der Waals surface area contributed by atoms with Gasteiger partial charge in [0, 0.05) is 25.8 Å². The molecule has 3 aromatic heterocycles. The van der Waals surface area contributed by atoms with Crippen LogP contribution in [0.4, 0.5) is 0 Å². The fourth-order valence-electron chi connectivity index (χ4n) is 4.55. The molecule has 1 saturated heterocycles. The zero-order valence-corrected chi connectivity index (χ0v) is 17.9. The number of aromatic nitrogens is 3. The number of nitrogens with zero attached hydrogens (tertiary/aromatic N) is 4. The van der Waals surface area contributed by atoms with Crippen LogP contribution in [0.3, 0.4) is 0 Å². The first-order valence-electron chi connectivity index (χ1n) is 10.9. The molecule has 31 heavy (non-hydrogen) atoms. The zero-order chi connectivity index (χ0) is 21.5. The maximum atomic E-state index is 13.6. The van der Waals surface area contributed by atoms with E-state index in [2.05, 4.69) is 6.92 Å². The highest BCUT2D eigenvalue weighted by Gasteiger charge is 2.27. The summed E-state index contributed by atoms with van der Waals surface area (Å²) in [6.07, 6.45) is 3.95. The van der Waals surface area contributed by atoms with Crippen molar-refractivity contribution in [3.05, 3.63) is 81.9 Å². The van der Waals surface area contributed by atoms with Crippen molar-refractivity contribution in [2.24, 2.45) is 5.92 Å². The lowest BCUT2D eigenvalue weighted by Crippen LogP contribution is -2.40. The van der Waals surface area contributed by atoms with Gasteiger partial charge in [0.2, 0.25) is 0 Å². The summed E-state index contributed by atoms with van der Waals surface area (Å²) in [4.78, 5) is 33.6. The van der Waals surface area contributed by atoms with Gasteiger partial charge in [0.25, 0.3) is 11.5 Å². The predicted octanol–water partition coefficient (Wildman–Crippen LogP) is 3.88. The molecule has 158 valence electrons. The number of amides is 1. The van der Waals surface area contributed by atoms with Crippen molar-refractivity contribution < 1.29 is 4.79 Å². The number of carbonyl (C=O) groups is 1. The van der Waals surface area contributed by atoms with Crippen molar-refractivity contribution >= 4 is 22.6 Å². The maximum Gasteiger partial charge on any atom is 0.270 e. The second-order valence-electron chi connectivity index (χ2n) is 8.69. The SMILES string of the molecule is Cc1ccc2nc3c(cc(C(=O)N4CCCC(C)C4)n3Cc3ccccc3)c(=O)n2c1. The van der Waals surface area contributed by atoms with Crippen molar-refractivity contribution in [1.82, 2.24) is 18.9 Å². The molecule has 1 fully saturated rings. The molecule has 0 radical (unpaired) electrons. The van der Waals surface area contributed by atoms with E-state index in [1.54, 1.807) is 16.7 Å². The minimum Gasteiger partial charge on any atom is -0.337 e. The summed E-state index contributed by atoms with van der Waals surface area (Å²) in [5, 5.41) is 0.479. The molecule has 1 amide bonds. The lowest BCUT2D eigenvalue weighted by Gasteiger charge is -2.31. The van der Waals surface area contributed by atoms with E-state index in [9.17, 15) is 9.59 Å². The summed E-state index contributed by atoms with van der Waals surface area (Å²) in [5.41, 5.74) is 3.58. The van der Waals surface area contributed by atoms with Crippen LogP contribution >= 0.6 is 0 Å². The van der Waals surface area contributed by atoms with Gasteiger partial charge in [-0.05, 0) is 48.9 Å². The monoisotopic (exact) mass is 414 g/mol. The molecular weight excluding hydrogens is 388 g/mol. The van der Waals surface area contributed by atoms with Gasteiger partial charge in [-0.1, -0.05) is 43.3 Å². The molecule has 4 heterocycles. The molecule has 6 nitrogen and oxygen atoms in total. The highest BCUT2D eigenvalue weighted by atomic mass is 16.2. The lowest BCUT2D eigenvalue weighted by molar-refractivity contribution is 0.0673. The van der Waals surface area contributed by atoms with E-state index >= 15 is 0 Å². The second kappa shape index (κ2) is 7.69. The summed E-state index contributed by atoms with van der Waals surface area (Å²) < 4.78 is 3.48. The first-order valence-corrected chi connectivity index (χ1v) is 10.9. The Morgan fingerprint density at radius 3 is 2.74 bits per heavy atom. The summed E-state index contributed by atoms with van der Waals surface area (Å²) >= 11 is 0. The number of pyridine rings is 1. The summed E-state index contributed by atoms with van der Waals surface area (Å²) in [6.45, 7) is 6.12. The highest BCUT2D eigenvalue weighted by molar-refractivity contribution is 5.98. The summed E-state index contributed by atoms with van der Waals surface area (Å²) in [7, 11) is 0. The topological polar surface area (TPSA) is 59.6 Å². The Kier molecular flexibility index (Phi) is 4.85. The van der Waals surface area contributed by atoms with Gasteiger partial charge in [0.05, 0.1) is 5.39 Å². The van der Waals surface area contributed by atoms with Gasteiger partial charge >= 0.3 is 0 Å². The van der Waals surface area contributed by atoms with Crippen molar-refractivity contribution in [2.75, 3.05) is 13.1 Å². The average molecular weight is 415 g/mol. The number of hydrogen-bond acceptors (Lipinski definition) is 3. The van der Waals surface area contributed by atoms with Gasteiger partial charge in [-0.3, -0.25) is 14.0 Å². The molecule has 0 aliphatic carbocycles. The van der Waals surface area contributed by atoms with E-state index < -0.39 is 0 Å². The zero-order valence-electron chi connectivity index (χ0n) is 17.9. The molecule has 0 saturated carbocycles. The number of likely N-dealkylation sites (tertiary alicyclic amines) is 1. The largest absolute Gasteiger partial charge is 0.337 e. The molecule has 0 bridgehead atoms. The van der Waals surface area contributed by atoms with Crippen LogP contribution in [0.25, 0.3) is 16.7 Å². The standard InChI is InChI=1S/C25H26N4O2/c1-17-7-6-12-27(14-17)25(31)21-13-20-23(28(21)16-19-8-4-3-5-9-19)26-22-11-10-18(2)15-29(22)24(20)30/h3-5,8-11,13,15,17H,6-7,12,14,16H2,1-2H3. The third-order valence-electron chi connectivity index (χ3n) is 6.16. The third kappa shape index (κ3) is 3.52. The van der Waals surface area contributed by atoms with Crippen LogP contribution in [0.2, 0.25) is 0 Å². The Morgan fingerprint density at radius 1 is 1.16 bits per heavy atom. The predicted molar refractivity (Wildman–Crippen MR) is 122 cm³/mol. The fourth-order valence-corrected chi connectivity index (χ4v) is 4.55. The van der Waals surface area contributed by atoms with Gasteiger partial charge in [-0.15, -0.1) is 0 Å². The number of piperidine rings is 1. The van der Waals surface area contributed by atoms with E-state index in [1.807, 2.05) is 58.9 Å². The van der Waals surface area contributed by atoms with Gasteiger partial charge in [0.1, 0.15) is 17.0 Å². The van der Waals surface area contributed by atoms with Crippen molar-refractivity contribution in [1.29, 1.82) is 0 Å². The van der Waals surface area contributed by atoms with E-state index in [0.717, 1.165) is 37.1 Å². The molecular formula is C25H26N4O2. The Hall–Kier alpha value is -3.41. The molecule has 1 aliphatic rings. The minimum absolute atomic E-state index is 0.0230. The summed E-state index contributed by atoms with van der Waals surface area (Å²) in [5.74, 6) is 0.462. The minimum atomic E-state index is -0.142. The Bertz CT molecular complexity index is 1340. The third-order valence-corrected chi connectivity index (χ3v) is 6.16. The average Bonchev–Trinajstić information content (AvgIpc) is 3.13. The lowest BCUT2D eigenvalue weighted by atomic mass is 10.00. The normalized spacial score (nSPS) is 16.8. The number of hydrogen-bond donors (Lipinski definition) is 0. The molecule has 1 aliphatic heterocycles. The van der Waals surface area contributed by atoms with Crippen LogP contribution in [0.5, 0.6) is 0 Å². The van der Waals surface area contributed by atoms with Crippen molar-refractivity contribution in [3.63, 3.8) is 0 Å². The number of benzene rings is 1. The smallest absolute Gasteiger partial charge is 0.270 e. The fraction of sp³-hybridized carbons (Fsp3) is 0.320. The van der Waals surface area contributed by atoms with E-state index in [4.69, 9.17) is 4.98 Å².